The molecule has 98 valence electrons. The van der Waals surface area contributed by atoms with Gasteiger partial charge in [-0.05, 0) is 19.8 Å². The van der Waals surface area contributed by atoms with Gasteiger partial charge in [-0.3, -0.25) is 0 Å². The summed E-state index contributed by atoms with van der Waals surface area (Å²) >= 11 is 5.99. The first-order valence-electron chi connectivity index (χ1n) is 6.03. The number of hydrogen-bond acceptors (Lipinski definition) is 3. The van der Waals surface area contributed by atoms with Gasteiger partial charge < -0.3 is 9.15 Å². The number of fused-ring (bicyclic) bond motifs is 1. The molecule has 1 heterocycles. The lowest BCUT2D eigenvalue weighted by Gasteiger charge is -2.30. The molecule has 0 aliphatic heterocycles. The number of halogens is 1. The van der Waals surface area contributed by atoms with Crippen molar-refractivity contribution in [3.63, 3.8) is 0 Å². The normalized spacial score (nSPS) is 22.4. The Labute approximate surface area is 111 Å². The van der Waals surface area contributed by atoms with Crippen molar-refractivity contribution in [2.45, 2.75) is 38.5 Å². The van der Waals surface area contributed by atoms with E-state index in [2.05, 4.69) is 6.58 Å². The van der Waals surface area contributed by atoms with Crippen LogP contribution in [0.1, 0.15) is 49.8 Å². The van der Waals surface area contributed by atoms with E-state index in [0.29, 0.717) is 11.5 Å². The number of hydrogen-bond donors (Lipinski definition) is 0. The molecule has 0 spiro atoms. The molecular weight excluding hydrogens is 252 g/mol. The molecule has 1 aromatic heterocycles. The standard InChI is InChI=1S/C14H17ClO3/c1-7(2)9-6-5-8(3)12-10(9)13(17-4)11(15)14(16)18-12/h8-9H,1,5-6H2,2-4H3. The number of ether oxygens (including phenoxy) is 1. The van der Waals surface area contributed by atoms with Gasteiger partial charge in [0, 0.05) is 17.4 Å². The second kappa shape index (κ2) is 4.81. The van der Waals surface area contributed by atoms with Crippen LogP contribution in [0.2, 0.25) is 5.02 Å². The molecule has 2 rings (SSSR count). The summed E-state index contributed by atoms with van der Waals surface area (Å²) in [6, 6.07) is 0. The summed E-state index contributed by atoms with van der Waals surface area (Å²) in [5, 5.41) is 0.0246. The molecule has 0 saturated carbocycles. The maximum Gasteiger partial charge on any atom is 0.358 e. The minimum atomic E-state index is -0.526. The minimum absolute atomic E-state index is 0.0246. The average Bonchev–Trinajstić information content (AvgIpc) is 2.32. The van der Waals surface area contributed by atoms with E-state index in [-0.39, 0.29) is 16.9 Å². The van der Waals surface area contributed by atoms with E-state index >= 15 is 0 Å². The minimum Gasteiger partial charge on any atom is -0.494 e. The van der Waals surface area contributed by atoms with Crippen molar-refractivity contribution in [2.75, 3.05) is 7.11 Å². The van der Waals surface area contributed by atoms with Gasteiger partial charge in [0.1, 0.15) is 5.76 Å². The maximum absolute atomic E-state index is 11.7. The van der Waals surface area contributed by atoms with Crippen LogP contribution in [0.25, 0.3) is 0 Å². The van der Waals surface area contributed by atoms with E-state index in [9.17, 15) is 4.79 Å². The van der Waals surface area contributed by atoms with Crippen LogP contribution in [0, 0.1) is 0 Å². The highest BCUT2D eigenvalue weighted by molar-refractivity contribution is 6.31. The highest BCUT2D eigenvalue weighted by Gasteiger charge is 2.33. The summed E-state index contributed by atoms with van der Waals surface area (Å²) in [5.41, 5.74) is 1.40. The zero-order chi connectivity index (χ0) is 13.4. The van der Waals surface area contributed by atoms with Gasteiger partial charge in [-0.25, -0.2) is 4.79 Å². The summed E-state index contributed by atoms with van der Waals surface area (Å²) in [6.45, 7) is 8.03. The van der Waals surface area contributed by atoms with Crippen molar-refractivity contribution >= 4 is 11.6 Å². The summed E-state index contributed by atoms with van der Waals surface area (Å²) in [4.78, 5) is 11.7. The first-order valence-corrected chi connectivity index (χ1v) is 6.41. The van der Waals surface area contributed by atoms with E-state index in [1.807, 2.05) is 13.8 Å². The second-order valence-corrected chi connectivity index (χ2v) is 5.27. The lowest BCUT2D eigenvalue weighted by atomic mass is 9.78. The largest absolute Gasteiger partial charge is 0.494 e. The predicted octanol–water partition coefficient (Wildman–Crippen LogP) is 3.86. The predicted molar refractivity (Wildman–Crippen MR) is 71.7 cm³/mol. The fourth-order valence-electron chi connectivity index (χ4n) is 2.60. The monoisotopic (exact) mass is 268 g/mol. The first kappa shape index (κ1) is 13.2. The Morgan fingerprint density at radius 3 is 2.72 bits per heavy atom. The Morgan fingerprint density at radius 1 is 1.50 bits per heavy atom. The Kier molecular flexibility index (Phi) is 3.53. The van der Waals surface area contributed by atoms with E-state index in [1.54, 1.807) is 0 Å². The van der Waals surface area contributed by atoms with E-state index in [1.165, 1.54) is 7.11 Å². The van der Waals surface area contributed by atoms with Crippen molar-refractivity contribution in [2.24, 2.45) is 0 Å². The zero-order valence-electron chi connectivity index (χ0n) is 10.9. The zero-order valence-corrected chi connectivity index (χ0v) is 11.6. The van der Waals surface area contributed by atoms with Crippen molar-refractivity contribution in [1.82, 2.24) is 0 Å². The first-order chi connectivity index (χ1) is 8.47. The molecule has 0 amide bonds. The molecule has 2 unspecified atom stereocenters. The quantitative estimate of drug-likeness (QED) is 0.765. The van der Waals surface area contributed by atoms with Crippen molar-refractivity contribution in [3.8, 4) is 5.75 Å². The molecule has 0 fully saturated rings. The van der Waals surface area contributed by atoms with Gasteiger partial charge in [-0.1, -0.05) is 30.7 Å². The molecule has 0 aromatic carbocycles. The van der Waals surface area contributed by atoms with Crippen LogP contribution >= 0.6 is 11.6 Å². The summed E-state index contributed by atoms with van der Waals surface area (Å²) in [5.74, 6) is 1.49. The smallest absolute Gasteiger partial charge is 0.358 e. The van der Waals surface area contributed by atoms with Crippen LogP contribution in [0.3, 0.4) is 0 Å². The van der Waals surface area contributed by atoms with Crippen LogP contribution in [0.4, 0.5) is 0 Å². The lowest BCUT2D eigenvalue weighted by Crippen LogP contribution is -2.19. The molecule has 0 saturated heterocycles. The Balaban J connectivity index is 2.75. The highest BCUT2D eigenvalue weighted by Crippen LogP contribution is 2.46. The van der Waals surface area contributed by atoms with Gasteiger partial charge in [-0.15, -0.1) is 0 Å². The SMILES string of the molecule is C=C(C)C1CCC(C)c2oc(=O)c(Cl)c(OC)c21. The summed E-state index contributed by atoms with van der Waals surface area (Å²) in [6.07, 6.45) is 1.95. The molecular formula is C14H17ClO3. The Hall–Kier alpha value is -1.22. The van der Waals surface area contributed by atoms with E-state index in [0.717, 1.165) is 24.0 Å². The fourth-order valence-corrected chi connectivity index (χ4v) is 2.82. The molecule has 0 N–H and O–H groups in total. The lowest BCUT2D eigenvalue weighted by molar-refractivity contribution is 0.344. The van der Waals surface area contributed by atoms with Crippen LogP contribution in [-0.2, 0) is 0 Å². The average molecular weight is 269 g/mol. The molecule has 18 heavy (non-hydrogen) atoms. The third kappa shape index (κ3) is 1.97. The van der Waals surface area contributed by atoms with Crippen molar-refractivity contribution in [3.05, 3.63) is 38.9 Å². The van der Waals surface area contributed by atoms with E-state index in [4.69, 9.17) is 20.8 Å². The maximum atomic E-state index is 11.7. The van der Waals surface area contributed by atoms with Crippen molar-refractivity contribution < 1.29 is 9.15 Å². The number of rotatable bonds is 2. The summed E-state index contributed by atoms with van der Waals surface area (Å²) < 4.78 is 10.7. The van der Waals surface area contributed by atoms with Crippen LogP contribution < -0.4 is 10.4 Å². The fraction of sp³-hybridized carbons (Fsp3) is 0.500. The van der Waals surface area contributed by atoms with Gasteiger partial charge in [-0.2, -0.15) is 0 Å². The van der Waals surface area contributed by atoms with Crippen molar-refractivity contribution in [1.29, 1.82) is 0 Å². The van der Waals surface area contributed by atoms with Crippen LogP contribution in [0.5, 0.6) is 5.75 Å². The third-order valence-corrected chi connectivity index (χ3v) is 3.90. The Morgan fingerprint density at radius 2 is 2.17 bits per heavy atom. The molecule has 1 aliphatic rings. The van der Waals surface area contributed by atoms with Gasteiger partial charge >= 0.3 is 5.63 Å². The number of allylic oxidation sites excluding steroid dienone is 1. The van der Waals surface area contributed by atoms with Gasteiger partial charge in [0.15, 0.2) is 10.8 Å². The second-order valence-electron chi connectivity index (χ2n) is 4.89. The van der Waals surface area contributed by atoms with Gasteiger partial charge in [0.05, 0.1) is 7.11 Å². The molecule has 1 aromatic rings. The molecule has 2 atom stereocenters. The van der Waals surface area contributed by atoms with E-state index < -0.39 is 5.63 Å². The highest BCUT2D eigenvalue weighted by atomic mass is 35.5. The topological polar surface area (TPSA) is 39.4 Å². The van der Waals surface area contributed by atoms with Crippen LogP contribution in [0.15, 0.2) is 21.4 Å². The third-order valence-electron chi connectivity index (χ3n) is 3.57. The Bertz CT molecular complexity index is 545. The molecule has 0 bridgehead atoms. The number of methoxy groups -OCH3 is 1. The van der Waals surface area contributed by atoms with Gasteiger partial charge in [0.2, 0.25) is 0 Å². The molecule has 4 heteroatoms. The van der Waals surface area contributed by atoms with Gasteiger partial charge in [0.25, 0.3) is 0 Å². The molecule has 0 radical (unpaired) electrons. The molecule has 3 nitrogen and oxygen atoms in total. The molecule has 1 aliphatic carbocycles. The summed E-state index contributed by atoms with van der Waals surface area (Å²) in [7, 11) is 1.52. The van der Waals surface area contributed by atoms with Crippen LogP contribution in [-0.4, -0.2) is 7.11 Å².